The van der Waals surface area contributed by atoms with Crippen LogP contribution < -0.4 is 5.32 Å². The van der Waals surface area contributed by atoms with Crippen LogP contribution in [-0.2, 0) is 0 Å². The fraction of sp³-hybridized carbons (Fsp3) is 0.400. The van der Waals surface area contributed by atoms with Crippen molar-refractivity contribution in [1.29, 1.82) is 0 Å². The Balaban J connectivity index is 2.41. The topological polar surface area (TPSA) is 59.8 Å². The number of rotatable bonds is 5. The maximum absolute atomic E-state index is 12.2. The molecule has 1 N–H and O–H groups in total. The molecule has 0 aliphatic heterocycles. The van der Waals surface area contributed by atoms with E-state index in [1.54, 1.807) is 16.8 Å². The zero-order valence-corrected chi connectivity index (χ0v) is 13.2. The normalized spacial score (nSPS) is 10.9. The lowest BCUT2D eigenvalue weighted by Gasteiger charge is -2.11. The average Bonchev–Trinajstić information content (AvgIpc) is 2.90. The van der Waals surface area contributed by atoms with Crippen LogP contribution in [0.3, 0.4) is 0 Å². The highest BCUT2D eigenvalue weighted by Gasteiger charge is 2.22. The summed E-state index contributed by atoms with van der Waals surface area (Å²) in [6.07, 6.45) is 0.883. The van der Waals surface area contributed by atoms with Gasteiger partial charge in [0.2, 0.25) is 0 Å². The van der Waals surface area contributed by atoms with Gasteiger partial charge in [-0.05, 0) is 36.6 Å². The molecular formula is C15H19ClN4O. The van der Waals surface area contributed by atoms with E-state index < -0.39 is 0 Å². The fourth-order valence-electron chi connectivity index (χ4n) is 2.06. The zero-order valence-electron chi connectivity index (χ0n) is 12.4. The number of nitrogens with zero attached hydrogens (tertiary/aromatic N) is 3. The number of amides is 1. The Morgan fingerprint density at radius 1 is 1.33 bits per heavy atom. The Labute approximate surface area is 129 Å². The molecule has 0 saturated heterocycles. The quantitative estimate of drug-likeness (QED) is 0.923. The largest absolute Gasteiger partial charge is 0.351 e. The van der Waals surface area contributed by atoms with Crippen molar-refractivity contribution in [1.82, 2.24) is 20.3 Å². The van der Waals surface area contributed by atoms with Gasteiger partial charge in [0.15, 0.2) is 5.69 Å². The molecule has 0 unspecified atom stereocenters. The summed E-state index contributed by atoms with van der Waals surface area (Å²) in [5, 5.41) is 11.7. The van der Waals surface area contributed by atoms with Gasteiger partial charge in [0.05, 0.1) is 11.4 Å². The van der Waals surface area contributed by atoms with Crippen LogP contribution in [0.4, 0.5) is 0 Å². The zero-order chi connectivity index (χ0) is 15.4. The molecule has 112 valence electrons. The first-order valence-electron chi connectivity index (χ1n) is 7.04. The summed E-state index contributed by atoms with van der Waals surface area (Å²) in [6, 6.07) is 7.30. The van der Waals surface area contributed by atoms with Crippen LogP contribution >= 0.6 is 11.6 Å². The maximum atomic E-state index is 12.2. The van der Waals surface area contributed by atoms with Gasteiger partial charge in [-0.15, -0.1) is 5.10 Å². The van der Waals surface area contributed by atoms with E-state index >= 15 is 0 Å². The molecule has 1 amide bonds. The summed E-state index contributed by atoms with van der Waals surface area (Å²) in [7, 11) is 0. The predicted molar refractivity (Wildman–Crippen MR) is 83.1 cm³/mol. The van der Waals surface area contributed by atoms with Crippen LogP contribution in [0.2, 0.25) is 5.02 Å². The molecule has 0 atom stereocenters. The number of nitrogens with one attached hydrogen (secondary N) is 1. The first-order valence-corrected chi connectivity index (χ1v) is 7.42. The molecule has 21 heavy (non-hydrogen) atoms. The molecule has 6 heteroatoms. The van der Waals surface area contributed by atoms with Crippen LogP contribution in [0.25, 0.3) is 5.69 Å². The van der Waals surface area contributed by atoms with Gasteiger partial charge < -0.3 is 5.32 Å². The van der Waals surface area contributed by atoms with Crippen molar-refractivity contribution in [3.8, 4) is 5.69 Å². The van der Waals surface area contributed by atoms with Crippen molar-refractivity contribution in [3.05, 3.63) is 40.7 Å². The molecular weight excluding hydrogens is 288 g/mol. The molecule has 5 nitrogen and oxygen atoms in total. The van der Waals surface area contributed by atoms with E-state index in [4.69, 9.17) is 11.6 Å². The lowest BCUT2D eigenvalue weighted by molar-refractivity contribution is 0.0947. The standard InChI is InChI=1S/C15H19ClN4O/c1-4-9-17-15(21)13-14(10(2)3)20(19-18-13)12-7-5-11(16)6-8-12/h5-8,10H,4,9H2,1-3H3,(H,17,21). The summed E-state index contributed by atoms with van der Waals surface area (Å²) in [4.78, 5) is 12.2. The highest BCUT2D eigenvalue weighted by atomic mass is 35.5. The van der Waals surface area contributed by atoms with Crippen LogP contribution in [0.5, 0.6) is 0 Å². The van der Waals surface area contributed by atoms with Crippen molar-refractivity contribution in [2.24, 2.45) is 0 Å². The van der Waals surface area contributed by atoms with Gasteiger partial charge in [-0.3, -0.25) is 4.79 Å². The number of hydrogen-bond donors (Lipinski definition) is 1. The summed E-state index contributed by atoms with van der Waals surface area (Å²) in [6.45, 7) is 6.67. The van der Waals surface area contributed by atoms with Crippen molar-refractivity contribution >= 4 is 17.5 Å². The second-order valence-electron chi connectivity index (χ2n) is 5.12. The van der Waals surface area contributed by atoms with Crippen LogP contribution in [-0.4, -0.2) is 27.4 Å². The third-order valence-corrected chi connectivity index (χ3v) is 3.33. The molecule has 2 rings (SSSR count). The Kier molecular flexibility index (Phi) is 4.96. The minimum absolute atomic E-state index is 0.123. The van der Waals surface area contributed by atoms with Gasteiger partial charge in [0, 0.05) is 11.6 Å². The number of aromatic nitrogens is 3. The molecule has 1 heterocycles. The molecule has 0 fully saturated rings. The predicted octanol–water partition coefficient (Wildman–Crippen LogP) is 3.18. The van der Waals surface area contributed by atoms with Crippen LogP contribution in [0.1, 0.15) is 49.3 Å². The molecule has 0 aliphatic rings. The van der Waals surface area contributed by atoms with Crippen LogP contribution in [0.15, 0.2) is 24.3 Å². The van der Waals surface area contributed by atoms with E-state index in [1.807, 2.05) is 32.9 Å². The fourth-order valence-corrected chi connectivity index (χ4v) is 2.19. The molecule has 2 aromatic rings. The first kappa shape index (κ1) is 15.5. The Hall–Kier alpha value is -1.88. The second-order valence-corrected chi connectivity index (χ2v) is 5.56. The van der Waals surface area contributed by atoms with E-state index in [2.05, 4.69) is 15.6 Å². The summed E-state index contributed by atoms with van der Waals surface area (Å²) in [5.41, 5.74) is 2.02. The van der Waals surface area contributed by atoms with Gasteiger partial charge in [0.1, 0.15) is 0 Å². The van der Waals surface area contributed by atoms with Crippen molar-refractivity contribution in [3.63, 3.8) is 0 Å². The summed E-state index contributed by atoms with van der Waals surface area (Å²) >= 11 is 5.90. The molecule has 0 saturated carbocycles. The minimum atomic E-state index is -0.180. The average molecular weight is 307 g/mol. The van der Waals surface area contributed by atoms with E-state index in [0.29, 0.717) is 17.3 Å². The van der Waals surface area contributed by atoms with E-state index in [0.717, 1.165) is 17.8 Å². The van der Waals surface area contributed by atoms with Crippen molar-refractivity contribution < 1.29 is 4.79 Å². The maximum Gasteiger partial charge on any atom is 0.273 e. The molecule has 0 bridgehead atoms. The number of carbonyl (C=O) groups is 1. The third-order valence-electron chi connectivity index (χ3n) is 3.07. The highest BCUT2D eigenvalue weighted by Crippen LogP contribution is 2.22. The number of benzene rings is 1. The molecule has 0 spiro atoms. The summed E-state index contributed by atoms with van der Waals surface area (Å²) < 4.78 is 1.70. The molecule has 1 aromatic carbocycles. The van der Waals surface area contributed by atoms with E-state index in [9.17, 15) is 4.79 Å². The van der Waals surface area contributed by atoms with E-state index in [-0.39, 0.29) is 11.8 Å². The minimum Gasteiger partial charge on any atom is -0.351 e. The third kappa shape index (κ3) is 3.42. The second kappa shape index (κ2) is 6.72. The van der Waals surface area contributed by atoms with Crippen LogP contribution in [0, 0.1) is 0 Å². The molecule has 0 aliphatic carbocycles. The van der Waals surface area contributed by atoms with Gasteiger partial charge in [-0.1, -0.05) is 37.6 Å². The van der Waals surface area contributed by atoms with Crippen molar-refractivity contribution in [2.45, 2.75) is 33.1 Å². The molecule has 1 aromatic heterocycles. The Morgan fingerprint density at radius 2 is 2.00 bits per heavy atom. The number of carbonyl (C=O) groups excluding carboxylic acids is 1. The SMILES string of the molecule is CCCNC(=O)c1nnn(-c2ccc(Cl)cc2)c1C(C)C. The number of hydrogen-bond acceptors (Lipinski definition) is 3. The van der Waals surface area contributed by atoms with E-state index in [1.165, 1.54) is 0 Å². The summed E-state index contributed by atoms with van der Waals surface area (Å²) in [5.74, 6) is -0.0566. The number of halogens is 1. The van der Waals surface area contributed by atoms with Gasteiger partial charge in [0.25, 0.3) is 5.91 Å². The van der Waals surface area contributed by atoms with Crippen molar-refractivity contribution in [2.75, 3.05) is 6.54 Å². The van der Waals surface area contributed by atoms with Gasteiger partial charge in [-0.25, -0.2) is 4.68 Å². The highest BCUT2D eigenvalue weighted by molar-refractivity contribution is 6.30. The Bertz CT molecular complexity index is 619. The lowest BCUT2D eigenvalue weighted by atomic mass is 10.1. The lowest BCUT2D eigenvalue weighted by Crippen LogP contribution is -2.26. The smallest absolute Gasteiger partial charge is 0.273 e. The van der Waals surface area contributed by atoms with Gasteiger partial charge >= 0.3 is 0 Å². The Morgan fingerprint density at radius 3 is 2.57 bits per heavy atom. The molecule has 0 radical (unpaired) electrons. The first-order chi connectivity index (χ1) is 10.0. The monoisotopic (exact) mass is 306 g/mol. The van der Waals surface area contributed by atoms with Gasteiger partial charge in [-0.2, -0.15) is 0 Å².